The Morgan fingerprint density at radius 2 is 1.26 bits per heavy atom. The molecule has 0 aliphatic heterocycles. The molecule has 1 heterocycles. The third-order valence-electron chi connectivity index (χ3n) is 4.90. The highest BCUT2D eigenvalue weighted by atomic mass is 32.2. The van der Waals surface area contributed by atoms with Crippen LogP contribution in [0, 0.1) is 0 Å². The lowest BCUT2D eigenvalue weighted by atomic mass is 10.1. The molecule has 0 saturated heterocycles. The van der Waals surface area contributed by atoms with E-state index in [4.69, 9.17) is 5.14 Å². The SMILES string of the molecule is CCCC[N+](CCCC)(CCCC)CCCC.Cn1cnc(S([NH-])(=O)=O)c1. The first kappa shape index (κ1) is 26.1. The Morgan fingerprint density at radius 3 is 1.44 bits per heavy atom. The summed E-state index contributed by atoms with van der Waals surface area (Å²) in [5.41, 5.74) is 0. The molecule has 0 amide bonds. The topological polar surface area (TPSA) is 75.8 Å². The van der Waals surface area contributed by atoms with Gasteiger partial charge in [0, 0.05) is 13.2 Å². The van der Waals surface area contributed by atoms with Crippen molar-refractivity contribution in [1.29, 1.82) is 0 Å². The van der Waals surface area contributed by atoms with E-state index in [0.717, 1.165) is 0 Å². The zero-order chi connectivity index (χ0) is 20.8. The Bertz CT molecular complexity index is 547. The van der Waals surface area contributed by atoms with Gasteiger partial charge in [-0.25, -0.2) is 13.4 Å². The molecule has 160 valence electrons. The molecule has 1 N–H and O–H groups in total. The second-order valence-electron chi connectivity index (χ2n) is 7.53. The summed E-state index contributed by atoms with van der Waals surface area (Å²) in [6, 6.07) is 0. The Balaban J connectivity index is 0.000000569. The van der Waals surface area contributed by atoms with Gasteiger partial charge in [0.2, 0.25) is 0 Å². The molecule has 7 heteroatoms. The maximum Gasteiger partial charge on any atom is 0.154 e. The fourth-order valence-corrected chi connectivity index (χ4v) is 3.66. The summed E-state index contributed by atoms with van der Waals surface area (Å²) < 4.78 is 23.8. The zero-order valence-corrected chi connectivity index (χ0v) is 19.0. The van der Waals surface area contributed by atoms with Crippen LogP contribution in [0.4, 0.5) is 0 Å². The first-order valence-electron chi connectivity index (χ1n) is 10.6. The zero-order valence-electron chi connectivity index (χ0n) is 18.2. The fraction of sp³-hybridized carbons (Fsp3) is 0.850. The number of hydrogen-bond donors (Lipinski definition) is 0. The molecule has 1 aromatic heterocycles. The van der Waals surface area contributed by atoms with Gasteiger partial charge in [-0.05, 0) is 25.7 Å². The summed E-state index contributed by atoms with van der Waals surface area (Å²) in [6.07, 6.45) is 13.7. The number of sulfonamides is 1. The van der Waals surface area contributed by atoms with E-state index in [0.29, 0.717) is 0 Å². The molecule has 0 bridgehead atoms. The molecule has 0 radical (unpaired) electrons. The van der Waals surface area contributed by atoms with Crippen molar-refractivity contribution in [1.82, 2.24) is 9.55 Å². The monoisotopic (exact) mass is 402 g/mol. The Kier molecular flexibility index (Phi) is 13.6. The first-order chi connectivity index (χ1) is 12.7. The largest absolute Gasteiger partial charge is 0.558 e. The van der Waals surface area contributed by atoms with Crippen molar-refractivity contribution in [2.75, 3.05) is 26.2 Å². The van der Waals surface area contributed by atoms with Crippen molar-refractivity contribution in [2.45, 2.75) is 84.1 Å². The highest BCUT2D eigenvalue weighted by molar-refractivity contribution is 7.93. The molecule has 0 unspecified atom stereocenters. The average molecular weight is 403 g/mol. The maximum atomic E-state index is 10.4. The molecule has 1 rings (SSSR count). The second-order valence-corrected chi connectivity index (χ2v) is 8.96. The standard InChI is InChI=1S/C16H36N.C4H6N3O2S/c1-5-9-13-17(14-10-6-2,15-11-7-3)16-12-8-4;1-7-2-4(6-3-7)10(5,8)9/h5-16H2,1-4H3;2-3H,1H3,(H-,5,8,9)/q+1;-1. The van der Waals surface area contributed by atoms with E-state index in [1.165, 1.54) is 99.1 Å². The minimum absolute atomic E-state index is 0.213. The van der Waals surface area contributed by atoms with Crippen LogP contribution in [0.15, 0.2) is 17.6 Å². The number of imidazole rings is 1. The van der Waals surface area contributed by atoms with Crippen LogP contribution in [0.25, 0.3) is 5.14 Å². The summed E-state index contributed by atoms with van der Waals surface area (Å²) in [4.78, 5) is 3.47. The molecular weight excluding hydrogens is 360 g/mol. The number of rotatable bonds is 13. The van der Waals surface area contributed by atoms with Crippen molar-refractivity contribution in [3.63, 3.8) is 0 Å². The lowest BCUT2D eigenvalue weighted by molar-refractivity contribution is -0.929. The molecule has 6 nitrogen and oxygen atoms in total. The first-order valence-corrected chi connectivity index (χ1v) is 12.1. The van der Waals surface area contributed by atoms with Gasteiger partial charge in [0.05, 0.1) is 32.5 Å². The molecule has 0 aliphatic rings. The molecule has 1 aromatic rings. The molecule has 27 heavy (non-hydrogen) atoms. The van der Waals surface area contributed by atoms with Gasteiger partial charge in [-0.2, -0.15) is 0 Å². The van der Waals surface area contributed by atoms with Crippen molar-refractivity contribution < 1.29 is 12.9 Å². The Morgan fingerprint density at radius 1 is 0.889 bits per heavy atom. The lowest BCUT2D eigenvalue weighted by Crippen LogP contribution is -2.50. The van der Waals surface area contributed by atoms with Crippen molar-refractivity contribution in [3.05, 3.63) is 17.7 Å². The summed E-state index contributed by atoms with van der Waals surface area (Å²) in [5, 5.41) is 6.37. The fourth-order valence-electron chi connectivity index (χ4n) is 3.17. The van der Waals surface area contributed by atoms with Gasteiger partial charge in [-0.1, -0.05) is 53.4 Å². The van der Waals surface area contributed by atoms with Crippen LogP contribution in [0.1, 0.15) is 79.1 Å². The van der Waals surface area contributed by atoms with E-state index < -0.39 is 10.0 Å². The number of nitrogens with one attached hydrogen (secondary N) is 1. The normalized spacial score (nSPS) is 11.9. The minimum Gasteiger partial charge on any atom is -0.558 e. The van der Waals surface area contributed by atoms with Crippen LogP contribution >= 0.6 is 0 Å². The van der Waals surface area contributed by atoms with Gasteiger partial charge in [-0.15, -0.1) is 0 Å². The van der Waals surface area contributed by atoms with Gasteiger partial charge in [0.15, 0.2) is 5.03 Å². The third-order valence-corrected chi connectivity index (χ3v) is 5.66. The number of hydrogen-bond acceptors (Lipinski definition) is 3. The summed E-state index contributed by atoms with van der Waals surface area (Å²) in [5.74, 6) is 0. The van der Waals surface area contributed by atoms with E-state index in [1.807, 2.05) is 0 Å². The smallest absolute Gasteiger partial charge is 0.154 e. The molecule has 0 aliphatic carbocycles. The summed E-state index contributed by atoms with van der Waals surface area (Å²) in [6.45, 7) is 15.0. The molecular formula is C20H42N4O2S. The summed E-state index contributed by atoms with van der Waals surface area (Å²) in [7, 11) is -2.22. The number of aryl methyl sites for hydroxylation is 1. The predicted molar refractivity (Wildman–Crippen MR) is 114 cm³/mol. The van der Waals surface area contributed by atoms with Crippen molar-refractivity contribution >= 4 is 10.0 Å². The van der Waals surface area contributed by atoms with Crippen LogP contribution in [0.5, 0.6) is 0 Å². The highest BCUT2D eigenvalue weighted by Crippen LogP contribution is 2.16. The number of nitrogens with zero attached hydrogens (tertiary/aromatic N) is 3. The van der Waals surface area contributed by atoms with Gasteiger partial charge in [0.1, 0.15) is 10.0 Å². The molecule has 0 atom stereocenters. The van der Waals surface area contributed by atoms with Crippen molar-refractivity contribution in [2.24, 2.45) is 7.05 Å². The molecule has 0 aromatic carbocycles. The van der Waals surface area contributed by atoms with Gasteiger partial charge in [0.25, 0.3) is 0 Å². The second kappa shape index (κ2) is 14.1. The lowest BCUT2D eigenvalue weighted by Gasteiger charge is -2.39. The van der Waals surface area contributed by atoms with Crippen LogP contribution in [0.2, 0.25) is 0 Å². The minimum atomic E-state index is -3.86. The highest BCUT2D eigenvalue weighted by Gasteiger charge is 2.24. The number of aromatic nitrogens is 2. The van der Waals surface area contributed by atoms with E-state index in [1.54, 1.807) is 7.05 Å². The van der Waals surface area contributed by atoms with Crippen molar-refractivity contribution in [3.8, 4) is 0 Å². The molecule has 0 saturated carbocycles. The van der Waals surface area contributed by atoms with Gasteiger partial charge >= 0.3 is 0 Å². The quantitative estimate of drug-likeness (QED) is 0.427. The van der Waals surface area contributed by atoms with E-state index in [2.05, 4.69) is 32.7 Å². The molecule has 0 spiro atoms. The van der Waals surface area contributed by atoms with Crippen LogP contribution in [-0.2, 0) is 17.1 Å². The molecule has 0 fully saturated rings. The maximum absolute atomic E-state index is 10.4. The van der Waals surface area contributed by atoms with E-state index in [-0.39, 0.29) is 5.03 Å². The number of unbranched alkanes of at least 4 members (excludes halogenated alkanes) is 4. The Labute approximate surface area is 167 Å². The van der Waals surface area contributed by atoms with E-state index in [9.17, 15) is 8.42 Å². The summed E-state index contributed by atoms with van der Waals surface area (Å²) >= 11 is 0. The van der Waals surface area contributed by atoms with Gasteiger partial charge < -0.3 is 14.2 Å². The third kappa shape index (κ3) is 11.5. The van der Waals surface area contributed by atoms with Gasteiger partial charge in [-0.3, -0.25) is 0 Å². The Hall–Kier alpha value is -0.920. The predicted octanol–water partition coefficient (Wildman–Crippen LogP) is 5.16. The van der Waals surface area contributed by atoms with Crippen LogP contribution in [0.3, 0.4) is 0 Å². The average Bonchev–Trinajstić information content (AvgIpc) is 3.08. The van der Waals surface area contributed by atoms with E-state index >= 15 is 0 Å². The van der Waals surface area contributed by atoms with Crippen LogP contribution < -0.4 is 0 Å². The van der Waals surface area contributed by atoms with Crippen LogP contribution in [-0.4, -0.2) is 48.6 Å². The number of quaternary nitrogens is 1.